The molecule has 0 aliphatic rings. The Labute approximate surface area is 183 Å². The summed E-state index contributed by atoms with van der Waals surface area (Å²) in [4.78, 5) is 7.86. The number of aliphatic hydroxyl groups is 1. The van der Waals surface area contributed by atoms with Crippen LogP contribution in [0.4, 0.5) is 17.6 Å². The molecule has 164 valence electrons. The van der Waals surface area contributed by atoms with E-state index >= 15 is 8.78 Å². The number of pyridine rings is 2. The Morgan fingerprint density at radius 3 is 2.41 bits per heavy atom. The first-order chi connectivity index (χ1) is 15.2. The number of rotatable bonds is 6. The van der Waals surface area contributed by atoms with Gasteiger partial charge in [0, 0.05) is 29.6 Å². The first kappa shape index (κ1) is 21.8. The van der Waals surface area contributed by atoms with Crippen molar-refractivity contribution in [3.8, 4) is 11.3 Å². The fourth-order valence-electron chi connectivity index (χ4n) is 3.16. The first-order valence-corrected chi connectivity index (χ1v) is 9.43. The van der Waals surface area contributed by atoms with Crippen molar-refractivity contribution in [3.05, 3.63) is 89.1 Å². The van der Waals surface area contributed by atoms with Gasteiger partial charge in [-0.3, -0.25) is 9.97 Å². The Bertz CT molecular complexity index is 1220. The number of nitrogens with zero attached hydrogens (tertiary/aromatic N) is 6. The number of halogens is 5. The van der Waals surface area contributed by atoms with E-state index < -0.39 is 41.0 Å². The molecule has 0 aliphatic carbocycles. The van der Waals surface area contributed by atoms with E-state index in [1.807, 2.05) is 0 Å². The second-order valence-corrected chi connectivity index (χ2v) is 7.30. The van der Waals surface area contributed by atoms with Gasteiger partial charge < -0.3 is 5.11 Å². The van der Waals surface area contributed by atoms with Gasteiger partial charge in [0.15, 0.2) is 5.60 Å². The Morgan fingerprint density at radius 2 is 1.81 bits per heavy atom. The van der Waals surface area contributed by atoms with Crippen molar-refractivity contribution in [2.24, 2.45) is 0 Å². The molecule has 4 aromatic rings. The highest BCUT2D eigenvalue weighted by atomic mass is 35.5. The number of benzene rings is 1. The predicted molar refractivity (Wildman–Crippen MR) is 104 cm³/mol. The summed E-state index contributed by atoms with van der Waals surface area (Å²) in [5, 5.41) is 21.7. The highest BCUT2D eigenvalue weighted by Crippen LogP contribution is 2.46. The predicted octanol–water partition coefficient (Wildman–Crippen LogP) is 3.74. The summed E-state index contributed by atoms with van der Waals surface area (Å²) in [7, 11) is 0. The van der Waals surface area contributed by atoms with Crippen molar-refractivity contribution >= 4 is 11.6 Å². The quantitative estimate of drug-likeness (QED) is 0.437. The summed E-state index contributed by atoms with van der Waals surface area (Å²) in [6.45, 7) is -0.933. The van der Waals surface area contributed by atoms with Gasteiger partial charge in [-0.05, 0) is 46.8 Å². The smallest absolute Gasteiger partial charge is 0.323 e. The molecule has 0 amide bonds. The Balaban J connectivity index is 1.78. The molecule has 0 aliphatic heterocycles. The van der Waals surface area contributed by atoms with Crippen LogP contribution in [0.25, 0.3) is 11.3 Å². The summed E-state index contributed by atoms with van der Waals surface area (Å²) in [5.41, 5.74) is -4.05. The van der Waals surface area contributed by atoms with Crippen LogP contribution in [0.5, 0.6) is 0 Å². The molecule has 0 fully saturated rings. The fraction of sp³-hybridized carbons (Fsp3) is 0.150. The van der Waals surface area contributed by atoms with Gasteiger partial charge in [-0.25, -0.2) is 13.5 Å². The molecule has 0 radical (unpaired) electrons. The molecule has 3 heterocycles. The molecule has 0 saturated heterocycles. The van der Waals surface area contributed by atoms with Crippen molar-refractivity contribution in [2.45, 2.75) is 18.1 Å². The molecule has 0 saturated carbocycles. The minimum absolute atomic E-state index is 0.401. The third kappa shape index (κ3) is 3.92. The van der Waals surface area contributed by atoms with Gasteiger partial charge in [0.25, 0.3) is 0 Å². The van der Waals surface area contributed by atoms with Crippen LogP contribution < -0.4 is 0 Å². The summed E-state index contributed by atoms with van der Waals surface area (Å²) < 4.78 is 60.0. The molecule has 1 atom stereocenters. The number of tetrazole rings is 1. The molecule has 0 spiro atoms. The van der Waals surface area contributed by atoms with Crippen LogP contribution in [0.15, 0.2) is 61.2 Å². The molecular formula is C20H13ClF4N6O. The summed E-state index contributed by atoms with van der Waals surface area (Å²) >= 11 is 5.80. The molecule has 7 nitrogen and oxygen atoms in total. The summed E-state index contributed by atoms with van der Waals surface area (Å²) in [6, 6.07) is 7.38. The minimum atomic E-state index is -4.14. The maximum atomic E-state index is 15.7. The largest absolute Gasteiger partial charge is 0.377 e. The molecule has 4 rings (SSSR count). The first-order valence-electron chi connectivity index (χ1n) is 9.06. The number of hydrogen-bond acceptors (Lipinski definition) is 6. The van der Waals surface area contributed by atoms with Crippen LogP contribution >= 0.6 is 11.6 Å². The lowest BCUT2D eigenvalue weighted by atomic mass is 9.84. The van der Waals surface area contributed by atoms with E-state index in [0.29, 0.717) is 22.3 Å². The molecule has 0 bridgehead atoms. The van der Waals surface area contributed by atoms with Gasteiger partial charge in [0.1, 0.15) is 23.7 Å². The SMILES string of the molecule is OC(Cn1cnnn1)(c1ccc(F)cc1F)C(F)(F)c1ccc(-c2ccc(Cl)cn2)cn1. The zero-order valence-corrected chi connectivity index (χ0v) is 16.8. The van der Waals surface area contributed by atoms with Crippen LogP contribution in [-0.2, 0) is 18.1 Å². The number of hydrogen-bond donors (Lipinski definition) is 1. The van der Waals surface area contributed by atoms with E-state index in [1.54, 1.807) is 12.1 Å². The molecule has 3 aromatic heterocycles. The van der Waals surface area contributed by atoms with E-state index in [-0.39, 0.29) is 0 Å². The van der Waals surface area contributed by atoms with Crippen molar-refractivity contribution in [3.63, 3.8) is 0 Å². The minimum Gasteiger partial charge on any atom is -0.377 e. The van der Waals surface area contributed by atoms with Gasteiger partial charge in [0.2, 0.25) is 0 Å². The molecule has 12 heteroatoms. The van der Waals surface area contributed by atoms with Gasteiger partial charge in [-0.15, -0.1) is 5.10 Å². The third-order valence-electron chi connectivity index (χ3n) is 4.79. The van der Waals surface area contributed by atoms with E-state index in [2.05, 4.69) is 25.5 Å². The van der Waals surface area contributed by atoms with Crippen molar-refractivity contribution in [1.82, 2.24) is 30.2 Å². The van der Waals surface area contributed by atoms with Gasteiger partial charge in [-0.2, -0.15) is 8.78 Å². The van der Waals surface area contributed by atoms with Crippen LogP contribution in [0.3, 0.4) is 0 Å². The summed E-state index contributed by atoms with van der Waals surface area (Å²) in [5.74, 6) is -6.48. The average Bonchev–Trinajstić information content (AvgIpc) is 3.27. The Kier molecular flexibility index (Phi) is 5.61. The highest BCUT2D eigenvalue weighted by Gasteiger charge is 2.58. The maximum Gasteiger partial charge on any atom is 0.323 e. The van der Waals surface area contributed by atoms with E-state index in [1.165, 1.54) is 12.3 Å². The van der Waals surface area contributed by atoms with Gasteiger partial charge >= 0.3 is 5.92 Å². The lowest BCUT2D eigenvalue weighted by Crippen LogP contribution is -2.48. The maximum absolute atomic E-state index is 15.7. The molecule has 1 N–H and O–H groups in total. The number of aromatic nitrogens is 6. The van der Waals surface area contributed by atoms with E-state index in [4.69, 9.17) is 11.6 Å². The lowest BCUT2D eigenvalue weighted by molar-refractivity contribution is -0.207. The third-order valence-corrected chi connectivity index (χ3v) is 5.01. The Hall–Kier alpha value is -3.44. The topological polar surface area (TPSA) is 89.6 Å². The second-order valence-electron chi connectivity index (χ2n) is 6.86. The second kappa shape index (κ2) is 8.24. The molecule has 32 heavy (non-hydrogen) atoms. The molecule has 1 aromatic carbocycles. The van der Waals surface area contributed by atoms with Crippen LogP contribution in [0, 0.1) is 11.6 Å². The average molecular weight is 465 g/mol. The zero-order chi connectivity index (χ0) is 22.9. The van der Waals surface area contributed by atoms with E-state index in [9.17, 15) is 13.9 Å². The van der Waals surface area contributed by atoms with Gasteiger partial charge in [-0.1, -0.05) is 11.6 Å². The van der Waals surface area contributed by atoms with Crippen molar-refractivity contribution in [1.29, 1.82) is 0 Å². The van der Waals surface area contributed by atoms with Gasteiger partial charge in [0.05, 0.1) is 17.3 Å². The zero-order valence-electron chi connectivity index (χ0n) is 16.0. The molecule has 1 unspecified atom stereocenters. The summed E-state index contributed by atoms with van der Waals surface area (Å²) in [6.07, 6.45) is 3.50. The number of alkyl halides is 2. The standard InChI is InChI=1S/C20H13ClF4N6O/c21-13-2-5-17(26-9-13)12-1-6-18(27-8-12)20(24,25)19(32,10-31-11-28-29-30-31)15-4-3-14(22)7-16(15)23/h1-9,11,32H,10H2. The van der Waals surface area contributed by atoms with Crippen LogP contribution in [0.2, 0.25) is 5.02 Å². The normalized spacial score (nSPS) is 13.7. The van der Waals surface area contributed by atoms with Crippen molar-refractivity contribution < 1.29 is 22.7 Å². The Morgan fingerprint density at radius 1 is 1.00 bits per heavy atom. The van der Waals surface area contributed by atoms with Crippen LogP contribution in [-0.4, -0.2) is 35.3 Å². The lowest BCUT2D eigenvalue weighted by Gasteiger charge is -2.35. The molecular weight excluding hydrogens is 452 g/mol. The monoisotopic (exact) mass is 464 g/mol. The van der Waals surface area contributed by atoms with Crippen LogP contribution in [0.1, 0.15) is 11.3 Å². The van der Waals surface area contributed by atoms with Crippen molar-refractivity contribution in [2.75, 3.05) is 0 Å². The van der Waals surface area contributed by atoms with E-state index in [0.717, 1.165) is 35.4 Å². The highest BCUT2D eigenvalue weighted by molar-refractivity contribution is 6.30. The fourth-order valence-corrected chi connectivity index (χ4v) is 3.27.